The van der Waals surface area contributed by atoms with Crippen molar-refractivity contribution in [1.29, 1.82) is 0 Å². The number of hydrogen-bond donors (Lipinski definition) is 0. The summed E-state index contributed by atoms with van der Waals surface area (Å²) in [6.07, 6.45) is 0. The average molecular weight is 729 g/mol. The monoisotopic (exact) mass is 728 g/mol. The molecule has 0 spiro atoms. The van der Waals surface area contributed by atoms with E-state index in [1.165, 1.54) is 21.7 Å². The van der Waals surface area contributed by atoms with Crippen molar-refractivity contribution in [3.8, 4) is 39.9 Å². The first kappa shape index (κ1) is 31.5. The zero-order valence-corrected chi connectivity index (χ0v) is 30.7. The lowest BCUT2D eigenvalue weighted by atomic mass is 10.0. The van der Waals surface area contributed by atoms with Gasteiger partial charge in [-0.15, -0.1) is 0 Å². The number of hydrogen-bond acceptors (Lipinski definition) is 3. The van der Waals surface area contributed by atoms with Crippen molar-refractivity contribution in [1.82, 2.24) is 28.9 Å². The molecule has 0 radical (unpaired) electrons. The van der Waals surface area contributed by atoms with Crippen LogP contribution in [-0.2, 0) is 0 Å². The Morgan fingerprint density at radius 1 is 0.263 bits per heavy atom. The first-order chi connectivity index (χ1) is 28.3. The summed E-state index contributed by atoms with van der Waals surface area (Å²) < 4.78 is 7.06. The molecule has 4 heterocycles. The molecule has 57 heavy (non-hydrogen) atoms. The SMILES string of the molecule is c1ccc(-c2ccc(-c3nc(-c4ccccc4)nc(-n4c5ccccc5c5ccc6c7ccccc7n(-n7c8ccccc8c8ccccc87)c6c54)n3)cc2)cc1. The van der Waals surface area contributed by atoms with E-state index in [1.54, 1.807) is 0 Å². The number of para-hydroxylation sites is 4. The van der Waals surface area contributed by atoms with Crippen molar-refractivity contribution in [3.05, 3.63) is 194 Å². The van der Waals surface area contributed by atoms with Crippen molar-refractivity contribution in [2.45, 2.75) is 0 Å². The third kappa shape index (κ3) is 4.74. The molecule has 6 nitrogen and oxygen atoms in total. The van der Waals surface area contributed by atoms with Gasteiger partial charge >= 0.3 is 0 Å². The van der Waals surface area contributed by atoms with E-state index < -0.39 is 0 Å². The van der Waals surface area contributed by atoms with Crippen molar-refractivity contribution < 1.29 is 0 Å². The minimum absolute atomic E-state index is 0.559. The van der Waals surface area contributed by atoms with Crippen LogP contribution in [0.25, 0.3) is 105 Å². The van der Waals surface area contributed by atoms with Gasteiger partial charge in [0.1, 0.15) is 0 Å². The minimum atomic E-state index is 0.559. The van der Waals surface area contributed by atoms with Crippen LogP contribution in [0.4, 0.5) is 0 Å². The Balaban J connectivity index is 1.21. The van der Waals surface area contributed by atoms with Gasteiger partial charge in [-0.1, -0.05) is 170 Å². The van der Waals surface area contributed by atoms with Gasteiger partial charge in [0.25, 0.3) is 0 Å². The lowest BCUT2D eigenvalue weighted by molar-refractivity contribution is 0.775. The van der Waals surface area contributed by atoms with Crippen LogP contribution in [-0.4, -0.2) is 28.9 Å². The topological polar surface area (TPSA) is 53.5 Å². The van der Waals surface area contributed by atoms with E-state index in [0.29, 0.717) is 17.6 Å². The lowest BCUT2D eigenvalue weighted by Gasteiger charge is -2.15. The van der Waals surface area contributed by atoms with Gasteiger partial charge in [-0.25, -0.2) is 14.3 Å². The van der Waals surface area contributed by atoms with Gasteiger partial charge in [0.2, 0.25) is 5.95 Å². The summed E-state index contributed by atoms with van der Waals surface area (Å²) in [4.78, 5) is 15.8. The molecule has 6 heteroatoms. The zero-order valence-electron chi connectivity index (χ0n) is 30.7. The number of aromatic nitrogens is 6. The number of benzene rings is 8. The Kier molecular flexibility index (Phi) is 6.83. The van der Waals surface area contributed by atoms with Gasteiger partial charge < -0.3 is 0 Å². The molecule has 266 valence electrons. The first-order valence-electron chi connectivity index (χ1n) is 19.2. The maximum absolute atomic E-state index is 5.35. The molecule has 0 fully saturated rings. The summed E-state index contributed by atoms with van der Waals surface area (Å²) in [5.41, 5.74) is 10.7. The van der Waals surface area contributed by atoms with Crippen molar-refractivity contribution in [2.75, 3.05) is 0 Å². The predicted octanol–water partition coefficient (Wildman–Crippen LogP) is 12.5. The van der Waals surface area contributed by atoms with Crippen molar-refractivity contribution in [2.24, 2.45) is 0 Å². The number of rotatable bonds is 5. The zero-order chi connectivity index (χ0) is 37.5. The third-order valence-electron chi connectivity index (χ3n) is 11.3. The van der Waals surface area contributed by atoms with Crippen LogP contribution >= 0.6 is 0 Å². The van der Waals surface area contributed by atoms with Crippen LogP contribution in [0.1, 0.15) is 0 Å². The molecule has 0 atom stereocenters. The van der Waals surface area contributed by atoms with Gasteiger partial charge in [-0.3, -0.25) is 4.57 Å². The summed E-state index contributed by atoms with van der Waals surface area (Å²) in [7, 11) is 0. The minimum Gasteiger partial charge on any atom is -0.276 e. The van der Waals surface area contributed by atoms with E-state index in [-0.39, 0.29) is 0 Å². The summed E-state index contributed by atoms with van der Waals surface area (Å²) in [6, 6.07) is 68.4. The quantitative estimate of drug-likeness (QED) is 0.177. The fourth-order valence-electron chi connectivity index (χ4n) is 8.76. The van der Waals surface area contributed by atoms with Crippen molar-refractivity contribution in [3.63, 3.8) is 0 Å². The summed E-state index contributed by atoms with van der Waals surface area (Å²) >= 11 is 0. The molecule has 12 rings (SSSR count). The second-order valence-electron chi connectivity index (χ2n) is 14.5. The predicted molar refractivity (Wildman–Crippen MR) is 234 cm³/mol. The van der Waals surface area contributed by atoms with E-state index in [0.717, 1.165) is 65.9 Å². The maximum Gasteiger partial charge on any atom is 0.238 e. The Morgan fingerprint density at radius 2 is 0.649 bits per heavy atom. The molecular weight excluding hydrogens is 697 g/mol. The summed E-state index contributed by atoms with van der Waals surface area (Å²) in [5.74, 6) is 1.78. The van der Waals surface area contributed by atoms with Gasteiger partial charge in [0.05, 0.1) is 33.1 Å². The number of nitrogens with zero attached hydrogens (tertiary/aromatic N) is 6. The van der Waals surface area contributed by atoms with Gasteiger partial charge in [0, 0.05) is 43.4 Å². The number of fused-ring (bicyclic) bond motifs is 10. The fraction of sp³-hybridized carbons (Fsp3) is 0. The van der Waals surface area contributed by atoms with E-state index in [2.05, 4.69) is 184 Å². The molecule has 8 aromatic carbocycles. The normalized spacial score (nSPS) is 11.9. The first-order valence-corrected chi connectivity index (χ1v) is 19.2. The third-order valence-corrected chi connectivity index (χ3v) is 11.3. The Labute approximate surface area is 327 Å². The maximum atomic E-state index is 5.35. The molecule has 0 aliphatic heterocycles. The summed E-state index contributed by atoms with van der Waals surface area (Å²) in [5, 5.41) is 6.99. The molecule has 0 bridgehead atoms. The van der Waals surface area contributed by atoms with E-state index >= 15 is 0 Å². The van der Waals surface area contributed by atoms with Crippen molar-refractivity contribution >= 4 is 65.4 Å². The highest BCUT2D eigenvalue weighted by molar-refractivity contribution is 6.23. The fourth-order valence-corrected chi connectivity index (χ4v) is 8.76. The Bertz CT molecular complexity index is 3450. The van der Waals surface area contributed by atoms with Crippen LogP contribution in [0.3, 0.4) is 0 Å². The van der Waals surface area contributed by atoms with Crippen LogP contribution in [0.2, 0.25) is 0 Å². The van der Waals surface area contributed by atoms with Gasteiger partial charge in [-0.05, 0) is 35.4 Å². The van der Waals surface area contributed by atoms with Crippen LogP contribution in [0.15, 0.2) is 194 Å². The highest BCUT2D eigenvalue weighted by Gasteiger charge is 2.25. The molecule has 0 saturated carbocycles. The van der Waals surface area contributed by atoms with E-state index in [4.69, 9.17) is 15.0 Å². The molecule has 0 unspecified atom stereocenters. The van der Waals surface area contributed by atoms with Crippen LogP contribution in [0.5, 0.6) is 0 Å². The van der Waals surface area contributed by atoms with E-state index in [1.807, 2.05) is 24.3 Å². The molecule has 0 aliphatic rings. The standard InChI is InChI=1S/C51H32N6/c1-3-15-33(16-4-1)34-27-29-36(30-28-34)50-52-49(35-17-5-2-6-18-35)53-51(54-50)55-43-23-11-7-21-39(43)41-31-32-42-40-22-10-14-26-46(40)57(48(42)47(41)55)56-44-24-12-8-19-37(44)38-20-9-13-25-45(38)56/h1-32H. The highest BCUT2D eigenvalue weighted by Crippen LogP contribution is 2.42. The van der Waals surface area contributed by atoms with Crippen LogP contribution in [0, 0.1) is 0 Å². The highest BCUT2D eigenvalue weighted by atomic mass is 15.5. The van der Waals surface area contributed by atoms with Gasteiger partial charge in [-0.2, -0.15) is 9.97 Å². The smallest absolute Gasteiger partial charge is 0.238 e. The Morgan fingerprint density at radius 3 is 1.23 bits per heavy atom. The second-order valence-corrected chi connectivity index (χ2v) is 14.5. The summed E-state index contributed by atoms with van der Waals surface area (Å²) in [6.45, 7) is 0. The molecule has 0 aliphatic carbocycles. The largest absolute Gasteiger partial charge is 0.276 e. The van der Waals surface area contributed by atoms with Crippen LogP contribution < -0.4 is 0 Å². The molecule has 0 saturated heterocycles. The lowest BCUT2D eigenvalue weighted by Crippen LogP contribution is -2.10. The van der Waals surface area contributed by atoms with Gasteiger partial charge in [0.15, 0.2) is 11.6 Å². The second kappa shape index (κ2) is 12.3. The van der Waals surface area contributed by atoms with E-state index in [9.17, 15) is 0 Å². The Hall–Kier alpha value is -7.83. The molecule has 0 N–H and O–H groups in total. The molecule has 12 aromatic rings. The molecule has 4 aromatic heterocycles. The molecule has 0 amide bonds. The molecular formula is C51H32N6. The average Bonchev–Trinajstić information content (AvgIpc) is 3.92.